The topological polar surface area (TPSA) is 106 Å². The first-order valence-electron chi connectivity index (χ1n) is 12.1. The molecule has 2 aromatic carbocycles. The molecule has 0 unspecified atom stereocenters. The van der Waals surface area contributed by atoms with Crippen LogP contribution in [0.4, 0.5) is 4.79 Å². The van der Waals surface area contributed by atoms with Crippen LogP contribution >= 0.6 is 0 Å². The number of hydrogen-bond donors (Lipinski definition) is 2. The van der Waals surface area contributed by atoms with Crippen molar-refractivity contribution in [3.05, 3.63) is 52.4 Å². The van der Waals surface area contributed by atoms with Crippen LogP contribution in [0, 0.1) is 5.92 Å². The number of ether oxygens (including phenoxy) is 3. The Balaban J connectivity index is 1.41. The van der Waals surface area contributed by atoms with Crippen LogP contribution in [0.2, 0.25) is 0 Å². The van der Waals surface area contributed by atoms with E-state index in [1.165, 1.54) is 5.56 Å². The van der Waals surface area contributed by atoms with Gasteiger partial charge in [0.05, 0.1) is 24.2 Å². The SMILES string of the molecule is CCOc1cc(CN2CCC(n3c(=O)[nH]c4cc(OC(=O)O)ccc43)CC2)ccc1OCC(C)C. The standard InChI is InChI=1S/C26H33N3O6/c1-4-33-24-13-18(5-8-23(24)34-16-17(2)3)15-28-11-9-19(10-12-28)29-22-7-6-20(35-26(31)32)14-21(22)27-25(29)30/h5-8,13-14,17,19H,4,9-12,15-16H2,1-3H3,(H,27,30)(H,31,32). The van der Waals surface area contributed by atoms with E-state index >= 15 is 0 Å². The number of hydrogen-bond acceptors (Lipinski definition) is 6. The molecule has 1 aliphatic heterocycles. The number of carboxylic acid groups (broad SMARTS) is 1. The van der Waals surface area contributed by atoms with Crippen molar-refractivity contribution in [3.63, 3.8) is 0 Å². The Labute approximate surface area is 204 Å². The maximum absolute atomic E-state index is 12.7. The number of carbonyl (C=O) groups is 1. The summed E-state index contributed by atoms with van der Waals surface area (Å²) in [6, 6.07) is 11.1. The lowest BCUT2D eigenvalue weighted by atomic mass is 10.0. The first kappa shape index (κ1) is 24.7. The lowest BCUT2D eigenvalue weighted by Crippen LogP contribution is -2.36. The number of rotatable bonds is 9. The Morgan fingerprint density at radius 3 is 2.57 bits per heavy atom. The van der Waals surface area contributed by atoms with Crippen molar-refractivity contribution in [1.82, 2.24) is 14.5 Å². The molecule has 1 fully saturated rings. The van der Waals surface area contributed by atoms with E-state index < -0.39 is 6.16 Å². The molecule has 188 valence electrons. The molecule has 2 N–H and O–H groups in total. The molecule has 9 heteroatoms. The first-order chi connectivity index (χ1) is 16.8. The summed E-state index contributed by atoms with van der Waals surface area (Å²) in [6.45, 7) is 9.96. The molecule has 1 aromatic heterocycles. The summed E-state index contributed by atoms with van der Waals surface area (Å²) in [5.74, 6) is 2.17. The van der Waals surface area contributed by atoms with Gasteiger partial charge in [0.25, 0.3) is 0 Å². The normalized spacial score (nSPS) is 15.0. The minimum absolute atomic E-state index is 0.0736. The van der Waals surface area contributed by atoms with Crippen molar-refractivity contribution >= 4 is 17.2 Å². The van der Waals surface area contributed by atoms with Gasteiger partial charge in [0.15, 0.2) is 11.5 Å². The molecule has 1 saturated heterocycles. The van der Waals surface area contributed by atoms with Gasteiger partial charge in [-0.05, 0) is 55.5 Å². The van der Waals surface area contributed by atoms with Crippen LogP contribution in [0.5, 0.6) is 17.2 Å². The second-order valence-electron chi connectivity index (χ2n) is 9.27. The molecule has 0 amide bonds. The molecule has 2 heterocycles. The number of H-pyrrole nitrogens is 1. The Bertz CT molecular complexity index is 1220. The van der Waals surface area contributed by atoms with E-state index in [0.29, 0.717) is 24.6 Å². The summed E-state index contributed by atoms with van der Waals surface area (Å²) in [4.78, 5) is 28.7. The molecule has 0 spiro atoms. The summed E-state index contributed by atoms with van der Waals surface area (Å²) in [7, 11) is 0. The molecule has 0 radical (unpaired) electrons. The summed E-state index contributed by atoms with van der Waals surface area (Å²) in [5.41, 5.74) is 2.30. The van der Waals surface area contributed by atoms with Crippen molar-refractivity contribution in [2.45, 2.75) is 46.2 Å². The van der Waals surface area contributed by atoms with Crippen LogP contribution < -0.4 is 19.9 Å². The Morgan fingerprint density at radius 1 is 1.11 bits per heavy atom. The summed E-state index contributed by atoms with van der Waals surface area (Å²) in [6.07, 6.45) is 0.298. The Hall–Kier alpha value is -3.46. The molecule has 9 nitrogen and oxygen atoms in total. The van der Waals surface area contributed by atoms with E-state index in [9.17, 15) is 9.59 Å². The number of aromatic amines is 1. The number of nitrogens with zero attached hydrogens (tertiary/aromatic N) is 2. The lowest BCUT2D eigenvalue weighted by Gasteiger charge is -2.32. The van der Waals surface area contributed by atoms with Crippen LogP contribution in [0.1, 0.15) is 45.2 Å². The molecule has 0 atom stereocenters. The predicted molar refractivity (Wildman–Crippen MR) is 133 cm³/mol. The molecule has 0 aliphatic carbocycles. The van der Waals surface area contributed by atoms with Gasteiger partial charge in [-0.2, -0.15) is 0 Å². The van der Waals surface area contributed by atoms with Gasteiger partial charge in [-0.3, -0.25) is 9.47 Å². The Morgan fingerprint density at radius 2 is 1.89 bits per heavy atom. The second kappa shape index (κ2) is 10.9. The van der Waals surface area contributed by atoms with Gasteiger partial charge < -0.3 is 24.3 Å². The van der Waals surface area contributed by atoms with E-state index in [0.717, 1.165) is 49.5 Å². The van der Waals surface area contributed by atoms with E-state index in [1.54, 1.807) is 22.8 Å². The summed E-state index contributed by atoms with van der Waals surface area (Å²) in [5, 5.41) is 8.82. The van der Waals surface area contributed by atoms with Crippen LogP contribution in [0.15, 0.2) is 41.2 Å². The number of aromatic nitrogens is 2. The van der Waals surface area contributed by atoms with E-state index in [4.69, 9.17) is 19.3 Å². The van der Waals surface area contributed by atoms with Crippen molar-refractivity contribution in [1.29, 1.82) is 0 Å². The third-order valence-corrected chi connectivity index (χ3v) is 6.10. The molecular formula is C26H33N3O6. The van der Waals surface area contributed by atoms with Crippen LogP contribution in [0.3, 0.4) is 0 Å². The molecular weight excluding hydrogens is 450 g/mol. The Kier molecular flexibility index (Phi) is 7.65. The molecule has 0 saturated carbocycles. The number of imidazole rings is 1. The minimum Gasteiger partial charge on any atom is -0.490 e. The van der Waals surface area contributed by atoms with E-state index in [1.807, 2.05) is 13.0 Å². The maximum Gasteiger partial charge on any atom is 0.511 e. The fourth-order valence-electron chi connectivity index (χ4n) is 4.53. The zero-order valence-corrected chi connectivity index (χ0v) is 20.5. The predicted octanol–water partition coefficient (Wildman–Crippen LogP) is 4.66. The van der Waals surface area contributed by atoms with E-state index in [-0.39, 0.29) is 17.5 Å². The number of likely N-dealkylation sites (tertiary alicyclic amines) is 1. The van der Waals surface area contributed by atoms with E-state index in [2.05, 4.69) is 35.9 Å². The highest BCUT2D eigenvalue weighted by Crippen LogP contribution is 2.31. The lowest BCUT2D eigenvalue weighted by molar-refractivity contribution is 0.144. The highest BCUT2D eigenvalue weighted by molar-refractivity contribution is 5.78. The first-order valence-corrected chi connectivity index (χ1v) is 12.1. The molecule has 35 heavy (non-hydrogen) atoms. The molecule has 0 bridgehead atoms. The molecule has 4 rings (SSSR count). The summed E-state index contributed by atoms with van der Waals surface area (Å²) < 4.78 is 18.2. The molecule has 1 aliphatic rings. The number of fused-ring (bicyclic) bond motifs is 1. The maximum atomic E-state index is 12.7. The van der Waals surface area contributed by atoms with Crippen LogP contribution in [-0.4, -0.2) is 52.0 Å². The monoisotopic (exact) mass is 483 g/mol. The largest absolute Gasteiger partial charge is 0.511 e. The zero-order chi connectivity index (χ0) is 24.9. The zero-order valence-electron chi connectivity index (χ0n) is 20.5. The van der Waals surface area contributed by atoms with Crippen molar-refractivity contribution in [2.24, 2.45) is 5.92 Å². The fourth-order valence-corrected chi connectivity index (χ4v) is 4.53. The van der Waals surface area contributed by atoms with Gasteiger partial charge >= 0.3 is 11.8 Å². The van der Waals surface area contributed by atoms with Gasteiger partial charge in [-0.1, -0.05) is 19.9 Å². The third kappa shape index (κ3) is 5.97. The van der Waals surface area contributed by atoms with Gasteiger partial charge in [0.1, 0.15) is 5.75 Å². The quantitative estimate of drug-likeness (QED) is 0.337. The highest BCUT2D eigenvalue weighted by Gasteiger charge is 2.24. The average molecular weight is 484 g/mol. The highest BCUT2D eigenvalue weighted by atomic mass is 16.7. The van der Waals surface area contributed by atoms with Crippen LogP contribution in [0.25, 0.3) is 11.0 Å². The number of piperidine rings is 1. The van der Waals surface area contributed by atoms with Gasteiger partial charge in [0.2, 0.25) is 0 Å². The molecule has 3 aromatic rings. The summed E-state index contributed by atoms with van der Waals surface area (Å²) >= 11 is 0. The number of nitrogens with one attached hydrogen (secondary N) is 1. The second-order valence-corrected chi connectivity index (χ2v) is 9.27. The van der Waals surface area contributed by atoms with Crippen molar-refractivity contribution < 1.29 is 24.1 Å². The van der Waals surface area contributed by atoms with Gasteiger partial charge in [-0.25, -0.2) is 9.59 Å². The smallest absolute Gasteiger partial charge is 0.490 e. The average Bonchev–Trinajstić information content (AvgIpc) is 3.13. The van der Waals surface area contributed by atoms with Crippen molar-refractivity contribution in [3.8, 4) is 17.2 Å². The third-order valence-electron chi connectivity index (χ3n) is 6.10. The minimum atomic E-state index is -1.38. The fraction of sp³-hybridized carbons (Fsp3) is 0.462. The van der Waals surface area contributed by atoms with Gasteiger partial charge in [-0.15, -0.1) is 0 Å². The van der Waals surface area contributed by atoms with Crippen molar-refractivity contribution in [2.75, 3.05) is 26.3 Å². The van der Waals surface area contributed by atoms with Crippen LogP contribution in [-0.2, 0) is 6.54 Å². The number of benzene rings is 2. The van der Waals surface area contributed by atoms with Gasteiger partial charge in [0, 0.05) is 31.7 Å².